The summed E-state index contributed by atoms with van der Waals surface area (Å²) in [5.74, 6) is -0.144. The molecule has 0 saturated heterocycles. The Balaban J connectivity index is 2.33. The quantitative estimate of drug-likeness (QED) is 0.490. The minimum Gasteiger partial charge on any atom is -0.322 e. The zero-order valence-electron chi connectivity index (χ0n) is 13.2. The van der Waals surface area contributed by atoms with Gasteiger partial charge in [0.15, 0.2) is 0 Å². The summed E-state index contributed by atoms with van der Waals surface area (Å²) in [6, 6.07) is 12.0. The summed E-state index contributed by atoms with van der Waals surface area (Å²) < 4.78 is 0. The lowest BCUT2D eigenvalue weighted by atomic mass is 10.0. The van der Waals surface area contributed by atoms with Crippen molar-refractivity contribution in [2.75, 3.05) is 11.6 Å². The number of thioether (sulfide) groups is 1. The highest BCUT2D eigenvalue weighted by Gasteiger charge is 2.20. The molecule has 0 spiro atoms. The van der Waals surface area contributed by atoms with Crippen LogP contribution in [0, 0.1) is 10.1 Å². The second kappa shape index (κ2) is 7.28. The third-order valence-electron chi connectivity index (χ3n) is 3.46. The molecule has 0 unspecified atom stereocenters. The molecule has 0 heterocycles. The fraction of sp³-hybridized carbons (Fsp3) is 0.235. The Morgan fingerprint density at radius 1 is 1.22 bits per heavy atom. The number of nitrogens with zero attached hydrogens (tertiary/aromatic N) is 1. The van der Waals surface area contributed by atoms with E-state index >= 15 is 0 Å². The van der Waals surface area contributed by atoms with Crippen molar-refractivity contribution in [3.05, 3.63) is 63.7 Å². The van der Waals surface area contributed by atoms with Gasteiger partial charge >= 0.3 is 0 Å². The average Bonchev–Trinajstić information content (AvgIpc) is 2.54. The second-order valence-electron chi connectivity index (χ2n) is 5.37. The van der Waals surface area contributed by atoms with Crippen molar-refractivity contribution in [3.8, 4) is 0 Å². The van der Waals surface area contributed by atoms with Crippen molar-refractivity contribution in [2.45, 2.75) is 24.7 Å². The molecule has 2 rings (SSSR count). The molecule has 2 aromatic carbocycles. The first-order valence-electron chi connectivity index (χ1n) is 7.16. The number of amides is 1. The Labute approximate surface area is 139 Å². The molecular weight excluding hydrogens is 312 g/mol. The number of nitrogens with one attached hydrogen (secondary N) is 1. The number of benzene rings is 2. The van der Waals surface area contributed by atoms with E-state index in [1.165, 1.54) is 17.8 Å². The molecule has 0 saturated carbocycles. The molecule has 6 heteroatoms. The van der Waals surface area contributed by atoms with Crippen LogP contribution < -0.4 is 5.32 Å². The number of rotatable bonds is 5. The van der Waals surface area contributed by atoms with Crippen LogP contribution in [0.4, 0.5) is 11.4 Å². The van der Waals surface area contributed by atoms with E-state index in [2.05, 4.69) is 19.2 Å². The molecule has 0 aliphatic heterocycles. The Bertz CT molecular complexity index is 744. The lowest BCUT2D eigenvalue weighted by Crippen LogP contribution is -2.14. The van der Waals surface area contributed by atoms with Gasteiger partial charge in [-0.2, -0.15) is 0 Å². The maximum Gasteiger partial charge on any atom is 0.282 e. The molecule has 0 aliphatic carbocycles. The van der Waals surface area contributed by atoms with Gasteiger partial charge in [0.05, 0.1) is 4.92 Å². The minimum absolute atomic E-state index is 0.0665. The number of nitro groups is 1. The fourth-order valence-electron chi connectivity index (χ4n) is 2.16. The maximum absolute atomic E-state index is 12.5. The molecule has 23 heavy (non-hydrogen) atoms. The topological polar surface area (TPSA) is 72.2 Å². The van der Waals surface area contributed by atoms with Crippen molar-refractivity contribution >= 4 is 29.0 Å². The predicted octanol–water partition coefficient (Wildman–Crippen LogP) is 4.69. The van der Waals surface area contributed by atoms with Gasteiger partial charge in [0, 0.05) is 16.6 Å². The van der Waals surface area contributed by atoms with Crippen LogP contribution in [0.25, 0.3) is 0 Å². The van der Waals surface area contributed by atoms with Crippen molar-refractivity contribution in [2.24, 2.45) is 0 Å². The highest BCUT2D eigenvalue weighted by atomic mass is 32.2. The molecule has 0 aromatic heterocycles. The van der Waals surface area contributed by atoms with Gasteiger partial charge in [0.25, 0.3) is 11.6 Å². The van der Waals surface area contributed by atoms with Crippen molar-refractivity contribution in [1.82, 2.24) is 0 Å². The van der Waals surface area contributed by atoms with Crippen molar-refractivity contribution < 1.29 is 9.72 Å². The Kier molecular flexibility index (Phi) is 5.39. The van der Waals surface area contributed by atoms with Crippen LogP contribution in [0.5, 0.6) is 0 Å². The van der Waals surface area contributed by atoms with Crippen LogP contribution in [0.1, 0.15) is 35.7 Å². The fourth-order valence-corrected chi connectivity index (χ4v) is 2.60. The molecule has 120 valence electrons. The first-order chi connectivity index (χ1) is 10.9. The number of carbonyl (C=O) groups excluding carboxylic acids is 1. The standard InChI is InChI=1S/C17H18N2O3S/c1-11(2)12-5-4-6-13(9-12)18-17(20)15-10-14(23-3)7-8-16(15)19(21)22/h4-11H,1-3H3,(H,18,20). The zero-order chi connectivity index (χ0) is 17.0. The molecule has 0 aliphatic rings. The van der Waals surface area contributed by atoms with Gasteiger partial charge in [0.1, 0.15) is 5.56 Å². The van der Waals surface area contributed by atoms with Crippen LogP contribution in [-0.4, -0.2) is 17.1 Å². The van der Waals surface area contributed by atoms with E-state index in [1.807, 2.05) is 24.5 Å². The summed E-state index contributed by atoms with van der Waals surface area (Å²) >= 11 is 1.43. The van der Waals surface area contributed by atoms with E-state index in [-0.39, 0.29) is 11.3 Å². The predicted molar refractivity (Wildman–Crippen MR) is 93.4 cm³/mol. The number of anilines is 1. The van der Waals surface area contributed by atoms with Crippen molar-refractivity contribution in [3.63, 3.8) is 0 Å². The number of hydrogen-bond donors (Lipinski definition) is 1. The van der Waals surface area contributed by atoms with E-state index in [4.69, 9.17) is 0 Å². The van der Waals surface area contributed by atoms with Gasteiger partial charge < -0.3 is 5.32 Å². The van der Waals surface area contributed by atoms with Crippen LogP contribution in [0.15, 0.2) is 47.4 Å². The van der Waals surface area contributed by atoms with E-state index in [0.29, 0.717) is 11.6 Å². The van der Waals surface area contributed by atoms with E-state index < -0.39 is 10.8 Å². The molecule has 1 amide bonds. The van der Waals surface area contributed by atoms with Gasteiger partial charge in [-0.05, 0) is 42.0 Å². The summed E-state index contributed by atoms with van der Waals surface area (Å²) in [5, 5.41) is 13.9. The molecule has 0 bridgehead atoms. The van der Waals surface area contributed by atoms with Crippen LogP contribution in [-0.2, 0) is 0 Å². The molecule has 0 fully saturated rings. The van der Waals surface area contributed by atoms with Gasteiger partial charge in [-0.3, -0.25) is 14.9 Å². The van der Waals surface area contributed by atoms with E-state index in [0.717, 1.165) is 10.5 Å². The molecule has 0 radical (unpaired) electrons. The monoisotopic (exact) mass is 330 g/mol. The summed E-state index contributed by atoms with van der Waals surface area (Å²) in [7, 11) is 0. The third-order valence-corrected chi connectivity index (χ3v) is 4.18. The van der Waals surface area contributed by atoms with Crippen LogP contribution in [0.2, 0.25) is 0 Å². The summed E-state index contributed by atoms with van der Waals surface area (Å²) in [6.07, 6.45) is 1.86. The van der Waals surface area contributed by atoms with Crippen LogP contribution in [0.3, 0.4) is 0 Å². The number of carbonyl (C=O) groups is 1. The lowest BCUT2D eigenvalue weighted by molar-refractivity contribution is -0.385. The van der Waals surface area contributed by atoms with Gasteiger partial charge in [-0.15, -0.1) is 11.8 Å². The summed E-state index contributed by atoms with van der Waals surface area (Å²) in [5.41, 5.74) is 1.59. The smallest absolute Gasteiger partial charge is 0.282 e. The van der Waals surface area contributed by atoms with E-state index in [1.54, 1.807) is 18.2 Å². The first kappa shape index (κ1) is 17.0. The van der Waals surface area contributed by atoms with Gasteiger partial charge in [-0.1, -0.05) is 26.0 Å². The molecular formula is C17H18N2O3S. The lowest BCUT2D eigenvalue weighted by Gasteiger charge is -2.10. The van der Waals surface area contributed by atoms with Crippen LogP contribution >= 0.6 is 11.8 Å². The average molecular weight is 330 g/mol. The highest BCUT2D eigenvalue weighted by Crippen LogP contribution is 2.26. The Morgan fingerprint density at radius 3 is 2.57 bits per heavy atom. The molecule has 1 N–H and O–H groups in total. The number of hydrogen-bond acceptors (Lipinski definition) is 4. The summed E-state index contributed by atoms with van der Waals surface area (Å²) in [6.45, 7) is 4.13. The third kappa shape index (κ3) is 4.10. The summed E-state index contributed by atoms with van der Waals surface area (Å²) in [4.78, 5) is 23.9. The minimum atomic E-state index is -0.538. The first-order valence-corrected chi connectivity index (χ1v) is 8.38. The number of nitro benzene ring substituents is 1. The maximum atomic E-state index is 12.5. The van der Waals surface area contributed by atoms with E-state index in [9.17, 15) is 14.9 Å². The Morgan fingerprint density at radius 2 is 1.96 bits per heavy atom. The zero-order valence-corrected chi connectivity index (χ0v) is 14.0. The largest absolute Gasteiger partial charge is 0.322 e. The van der Waals surface area contributed by atoms with Gasteiger partial charge in [0.2, 0.25) is 0 Å². The molecule has 5 nitrogen and oxygen atoms in total. The second-order valence-corrected chi connectivity index (χ2v) is 6.25. The normalized spacial score (nSPS) is 10.6. The molecule has 2 aromatic rings. The molecule has 0 atom stereocenters. The van der Waals surface area contributed by atoms with Gasteiger partial charge in [-0.25, -0.2) is 0 Å². The van der Waals surface area contributed by atoms with Crippen molar-refractivity contribution in [1.29, 1.82) is 0 Å². The SMILES string of the molecule is CSc1ccc([N+](=O)[O-])c(C(=O)Nc2cccc(C(C)C)c2)c1. The Hall–Kier alpha value is -2.34. The highest BCUT2D eigenvalue weighted by molar-refractivity contribution is 7.98.